The molecular formula is C33H48F2N4O5. The summed E-state index contributed by atoms with van der Waals surface area (Å²) in [5.74, 6) is -2.93. The molecule has 3 rings (SSSR count). The number of nitrogens with one attached hydrogen (secondary N) is 3. The first-order valence-corrected chi connectivity index (χ1v) is 15.6. The summed E-state index contributed by atoms with van der Waals surface area (Å²) in [5.41, 5.74) is 9.11. The minimum absolute atomic E-state index is 0.0645. The van der Waals surface area contributed by atoms with E-state index in [0.29, 0.717) is 38.2 Å². The van der Waals surface area contributed by atoms with Gasteiger partial charge >= 0.3 is 12.0 Å². The average Bonchev–Trinajstić information content (AvgIpc) is 3.01. The molecule has 2 aromatic carbocycles. The minimum Gasteiger partial charge on any atom is -0.458 e. The van der Waals surface area contributed by atoms with E-state index in [1.165, 1.54) is 24.7 Å². The van der Waals surface area contributed by atoms with Gasteiger partial charge < -0.3 is 35.9 Å². The maximum atomic E-state index is 13.9. The number of hydrogen-bond acceptors (Lipinski definition) is 7. The zero-order valence-corrected chi connectivity index (χ0v) is 26.1. The lowest BCUT2D eigenvalue weighted by molar-refractivity contribution is -0.274. The van der Waals surface area contributed by atoms with Gasteiger partial charge in [0, 0.05) is 45.1 Å². The monoisotopic (exact) mass is 618 g/mol. The molecule has 0 aromatic heterocycles. The molecule has 1 unspecified atom stereocenters. The standard InChI is InChI=1S/C33H48F2N4O5/c1-4-6-12-33(42-14-8-15-43-33)13-11-29(39-32(41)37-3)31(40)44-30(22-38-21-24-10-7-9-23(5-2)16-24)28(36)19-25-17-26(34)20-27(35)18-25/h7,9-10,16-18,20,28-30,38H,4-6,8,11-15,19,21-22,36H2,1-3H3,(H2,37,39,41)/t28?,29-,30-/m1/s1. The zero-order valence-electron chi connectivity index (χ0n) is 26.1. The van der Waals surface area contributed by atoms with Crippen LogP contribution in [0.5, 0.6) is 0 Å². The van der Waals surface area contributed by atoms with Crippen LogP contribution in [0.3, 0.4) is 0 Å². The molecular weight excluding hydrogens is 570 g/mol. The minimum atomic E-state index is -1.01. The van der Waals surface area contributed by atoms with Crippen LogP contribution in [0.25, 0.3) is 0 Å². The van der Waals surface area contributed by atoms with Gasteiger partial charge in [-0.3, -0.25) is 0 Å². The molecule has 0 bridgehead atoms. The second-order valence-electron chi connectivity index (χ2n) is 11.3. The quantitative estimate of drug-likeness (QED) is 0.193. The Morgan fingerprint density at radius 1 is 1.02 bits per heavy atom. The zero-order chi connectivity index (χ0) is 32.0. The molecule has 5 N–H and O–H groups in total. The van der Waals surface area contributed by atoms with Crippen LogP contribution in [0.15, 0.2) is 42.5 Å². The maximum Gasteiger partial charge on any atom is 0.329 e. The largest absolute Gasteiger partial charge is 0.458 e. The van der Waals surface area contributed by atoms with E-state index in [-0.39, 0.29) is 19.4 Å². The Hall–Kier alpha value is -3.12. The summed E-state index contributed by atoms with van der Waals surface area (Å²) in [6, 6.07) is 9.00. The van der Waals surface area contributed by atoms with Crippen LogP contribution in [0.4, 0.5) is 13.6 Å². The van der Waals surface area contributed by atoms with Gasteiger partial charge in [0.05, 0.1) is 13.2 Å². The number of halogens is 2. The van der Waals surface area contributed by atoms with Gasteiger partial charge in [-0.25, -0.2) is 18.4 Å². The molecule has 244 valence electrons. The number of ether oxygens (including phenoxy) is 3. The number of carbonyl (C=O) groups excluding carboxylic acids is 2. The predicted molar refractivity (Wildman–Crippen MR) is 165 cm³/mol. The third-order valence-electron chi connectivity index (χ3n) is 7.77. The van der Waals surface area contributed by atoms with Gasteiger partial charge in [0.15, 0.2) is 5.79 Å². The van der Waals surface area contributed by atoms with E-state index in [1.54, 1.807) is 0 Å². The number of rotatable bonds is 17. The van der Waals surface area contributed by atoms with E-state index in [1.807, 2.05) is 12.1 Å². The molecule has 1 aliphatic heterocycles. The second-order valence-corrected chi connectivity index (χ2v) is 11.3. The molecule has 0 spiro atoms. The molecule has 2 amide bonds. The van der Waals surface area contributed by atoms with E-state index in [0.717, 1.165) is 37.3 Å². The number of hydrogen-bond donors (Lipinski definition) is 4. The van der Waals surface area contributed by atoms with Crippen LogP contribution < -0.4 is 21.7 Å². The molecule has 1 heterocycles. The number of amides is 2. The molecule has 0 aliphatic carbocycles. The Labute approximate surface area is 259 Å². The first-order valence-electron chi connectivity index (χ1n) is 15.6. The van der Waals surface area contributed by atoms with Crippen molar-refractivity contribution in [2.75, 3.05) is 26.8 Å². The number of esters is 1. The van der Waals surface area contributed by atoms with Crippen molar-refractivity contribution >= 4 is 12.0 Å². The summed E-state index contributed by atoms with van der Waals surface area (Å²) < 4.78 is 45.9. The summed E-state index contributed by atoms with van der Waals surface area (Å²) in [4.78, 5) is 26.0. The van der Waals surface area contributed by atoms with Crippen molar-refractivity contribution in [3.05, 3.63) is 70.8 Å². The van der Waals surface area contributed by atoms with E-state index < -0.39 is 47.6 Å². The number of unbranched alkanes of at least 4 members (excludes halogenated alkanes) is 1. The fourth-order valence-electron chi connectivity index (χ4n) is 5.28. The number of nitrogens with two attached hydrogens (primary N) is 1. The molecule has 1 saturated heterocycles. The highest BCUT2D eigenvalue weighted by molar-refractivity contribution is 5.83. The molecule has 2 aromatic rings. The van der Waals surface area contributed by atoms with Crippen molar-refractivity contribution in [2.45, 2.75) is 95.7 Å². The highest BCUT2D eigenvalue weighted by Gasteiger charge is 2.37. The van der Waals surface area contributed by atoms with E-state index in [9.17, 15) is 18.4 Å². The van der Waals surface area contributed by atoms with Gasteiger partial charge in [0.25, 0.3) is 0 Å². The topological polar surface area (TPSA) is 124 Å². The number of benzene rings is 2. The molecule has 44 heavy (non-hydrogen) atoms. The van der Waals surface area contributed by atoms with Gasteiger partial charge in [-0.2, -0.15) is 0 Å². The van der Waals surface area contributed by atoms with E-state index in [2.05, 4.69) is 41.9 Å². The third kappa shape index (κ3) is 11.4. The normalized spacial score (nSPS) is 16.5. The molecule has 1 aliphatic rings. The van der Waals surface area contributed by atoms with Crippen molar-refractivity contribution < 1.29 is 32.6 Å². The Kier molecular flexibility index (Phi) is 14.5. The summed E-state index contributed by atoms with van der Waals surface area (Å²) in [5, 5.41) is 8.48. The summed E-state index contributed by atoms with van der Waals surface area (Å²) in [6.45, 7) is 5.97. The van der Waals surface area contributed by atoms with E-state index >= 15 is 0 Å². The molecule has 0 saturated carbocycles. The molecule has 11 heteroatoms. The first kappa shape index (κ1) is 35.4. The van der Waals surface area contributed by atoms with Gasteiger partial charge in [-0.15, -0.1) is 0 Å². The van der Waals surface area contributed by atoms with Gasteiger partial charge in [0.1, 0.15) is 23.8 Å². The first-order chi connectivity index (χ1) is 21.2. The van der Waals surface area contributed by atoms with Crippen LogP contribution in [-0.2, 0) is 38.4 Å². The lowest BCUT2D eigenvalue weighted by Crippen LogP contribution is -2.52. The second kappa shape index (κ2) is 18.0. The van der Waals surface area contributed by atoms with Crippen LogP contribution in [0.1, 0.15) is 69.1 Å². The predicted octanol–water partition coefficient (Wildman–Crippen LogP) is 4.50. The lowest BCUT2D eigenvalue weighted by atomic mass is 9.98. The Bertz CT molecular complexity index is 1170. The van der Waals surface area contributed by atoms with Crippen molar-refractivity contribution in [2.24, 2.45) is 5.73 Å². The number of aryl methyl sites for hydroxylation is 1. The van der Waals surface area contributed by atoms with Gasteiger partial charge in [0.2, 0.25) is 0 Å². The lowest BCUT2D eigenvalue weighted by Gasteiger charge is -2.38. The van der Waals surface area contributed by atoms with Crippen LogP contribution in [0, 0.1) is 11.6 Å². The fraction of sp³-hybridized carbons (Fsp3) is 0.576. The number of carbonyl (C=O) groups is 2. The Morgan fingerprint density at radius 3 is 2.39 bits per heavy atom. The van der Waals surface area contributed by atoms with Crippen molar-refractivity contribution in [1.82, 2.24) is 16.0 Å². The molecule has 9 nitrogen and oxygen atoms in total. The summed E-state index contributed by atoms with van der Waals surface area (Å²) in [6.07, 6.45) is 4.00. The third-order valence-corrected chi connectivity index (χ3v) is 7.77. The van der Waals surface area contributed by atoms with E-state index in [4.69, 9.17) is 19.9 Å². The van der Waals surface area contributed by atoms with Crippen LogP contribution in [0.2, 0.25) is 0 Å². The SMILES string of the molecule is CCCCC1(CC[C@@H](NC(=O)NC)C(=O)O[C@H](CNCc2cccc(CC)c2)C(N)Cc2cc(F)cc(F)c2)OCCCO1. The Balaban J connectivity index is 1.76. The molecule has 0 radical (unpaired) electrons. The Morgan fingerprint density at radius 2 is 1.73 bits per heavy atom. The van der Waals surface area contributed by atoms with Crippen molar-refractivity contribution in [3.63, 3.8) is 0 Å². The average molecular weight is 619 g/mol. The summed E-state index contributed by atoms with van der Waals surface area (Å²) in [7, 11) is 1.46. The number of urea groups is 1. The maximum absolute atomic E-state index is 13.9. The highest BCUT2D eigenvalue weighted by atomic mass is 19.1. The van der Waals surface area contributed by atoms with Crippen LogP contribution in [-0.4, -0.2) is 62.8 Å². The van der Waals surface area contributed by atoms with Crippen molar-refractivity contribution in [3.8, 4) is 0 Å². The smallest absolute Gasteiger partial charge is 0.329 e. The summed E-state index contributed by atoms with van der Waals surface area (Å²) >= 11 is 0. The molecule has 1 fully saturated rings. The van der Waals surface area contributed by atoms with Gasteiger partial charge in [-0.05, 0) is 60.9 Å². The van der Waals surface area contributed by atoms with Gasteiger partial charge in [-0.1, -0.05) is 44.5 Å². The highest BCUT2D eigenvalue weighted by Crippen LogP contribution is 2.31. The van der Waals surface area contributed by atoms with Crippen molar-refractivity contribution in [1.29, 1.82) is 0 Å². The van der Waals surface area contributed by atoms with Crippen LogP contribution >= 0.6 is 0 Å². The molecule has 3 atom stereocenters. The fourth-order valence-corrected chi connectivity index (χ4v) is 5.28.